The molecule has 0 bridgehead atoms. The summed E-state index contributed by atoms with van der Waals surface area (Å²) < 4.78 is 7.23. The number of fused-ring (bicyclic) bond motifs is 11. The maximum Gasteiger partial charge on any atom is 0.252 e. The van der Waals surface area contributed by atoms with E-state index in [2.05, 4.69) is 220 Å². The molecule has 0 amide bonds. The molecule has 73 heavy (non-hydrogen) atoms. The molecular weight excluding hydrogens is 884 g/mol. The Morgan fingerprint density at radius 2 is 0.904 bits per heavy atom. The standard InChI is InChI=1S/C69H83BN2O/c1-39(2)42-20-21-51-55(32-42)71(53-36-48-45(30-40(53)3)64(8,9)24-27-67(48,14)15)56-33-43(63(5,6)7)34-57-61(56)70(51)52-22-23-58-60(44-35-47-50(38-59(44)73-58)69(18,19)29-26-66(47,12)13)62(52)72(57)54-37-49-46(31-41(54)4)65(10,11)25-28-68(49,16)17/h20-23,30-39H,24-29H2,1-19H3. The molecule has 0 N–H and O–H groups in total. The largest absolute Gasteiger partial charge is 0.456 e. The molecule has 3 aliphatic carbocycles. The van der Waals surface area contributed by atoms with E-state index >= 15 is 0 Å². The summed E-state index contributed by atoms with van der Waals surface area (Å²) >= 11 is 0. The summed E-state index contributed by atoms with van der Waals surface area (Å²) in [6, 6.07) is 32.9. The van der Waals surface area contributed by atoms with E-state index in [0.29, 0.717) is 5.92 Å². The summed E-state index contributed by atoms with van der Waals surface area (Å²) in [6.07, 6.45) is 7.05. The number of benzene rings is 6. The molecule has 3 heterocycles. The normalized spacial score (nSPS) is 20.4. The summed E-state index contributed by atoms with van der Waals surface area (Å²) in [5, 5.41) is 2.47. The Hall–Kier alpha value is -5.22. The zero-order chi connectivity index (χ0) is 52.2. The second-order valence-electron chi connectivity index (χ2n) is 29.3. The molecule has 2 aliphatic heterocycles. The minimum absolute atomic E-state index is 0.0123. The quantitative estimate of drug-likeness (QED) is 0.165. The minimum Gasteiger partial charge on any atom is -0.456 e. The summed E-state index contributed by atoms with van der Waals surface area (Å²) in [5.74, 6) is 0.377. The van der Waals surface area contributed by atoms with Gasteiger partial charge in [0.25, 0.3) is 6.71 Å². The maximum atomic E-state index is 7.23. The van der Waals surface area contributed by atoms with Gasteiger partial charge in [0.1, 0.15) is 11.2 Å². The lowest BCUT2D eigenvalue weighted by Crippen LogP contribution is -2.61. The molecule has 0 fully saturated rings. The maximum absolute atomic E-state index is 7.23. The van der Waals surface area contributed by atoms with Crippen LogP contribution < -0.4 is 26.2 Å². The average molecular weight is 967 g/mol. The highest BCUT2D eigenvalue weighted by atomic mass is 16.3. The third-order valence-corrected chi connectivity index (χ3v) is 20.0. The monoisotopic (exact) mass is 967 g/mol. The summed E-state index contributed by atoms with van der Waals surface area (Å²) in [7, 11) is 0. The van der Waals surface area contributed by atoms with E-state index in [1.54, 1.807) is 0 Å². The van der Waals surface area contributed by atoms with Crippen molar-refractivity contribution in [3.8, 4) is 0 Å². The molecule has 0 atom stereocenters. The number of rotatable bonds is 3. The third kappa shape index (κ3) is 7.02. The van der Waals surface area contributed by atoms with Gasteiger partial charge < -0.3 is 14.2 Å². The number of nitrogens with zero attached hydrogens (tertiary/aromatic N) is 2. The molecule has 0 radical (unpaired) electrons. The van der Waals surface area contributed by atoms with Gasteiger partial charge in [-0.1, -0.05) is 148 Å². The van der Waals surface area contributed by atoms with Crippen LogP contribution in [0.15, 0.2) is 83.3 Å². The van der Waals surface area contributed by atoms with Crippen LogP contribution in [0.5, 0.6) is 0 Å². The summed E-state index contributed by atoms with van der Waals surface area (Å²) in [6.45, 7) is 46.3. The van der Waals surface area contributed by atoms with E-state index in [4.69, 9.17) is 4.42 Å². The summed E-state index contributed by atoms with van der Waals surface area (Å²) in [5.41, 5.74) is 28.4. The molecule has 6 aromatic carbocycles. The fraction of sp³-hybridized carbons (Fsp3) is 0.478. The Bertz CT molecular complexity index is 3520. The van der Waals surface area contributed by atoms with E-state index in [1.165, 1.54) is 143 Å². The molecule has 12 rings (SSSR count). The Kier molecular flexibility index (Phi) is 10.2. The molecule has 4 heteroatoms. The fourth-order valence-electron chi connectivity index (χ4n) is 14.6. The van der Waals surface area contributed by atoms with Crippen molar-refractivity contribution >= 4 is 79.2 Å². The number of hydrogen-bond acceptors (Lipinski definition) is 3. The van der Waals surface area contributed by atoms with Crippen LogP contribution in [0, 0.1) is 13.8 Å². The van der Waals surface area contributed by atoms with Crippen LogP contribution in [0.25, 0.3) is 21.9 Å². The Balaban J connectivity index is 1.25. The third-order valence-electron chi connectivity index (χ3n) is 20.0. The van der Waals surface area contributed by atoms with Crippen molar-refractivity contribution in [1.29, 1.82) is 0 Å². The van der Waals surface area contributed by atoms with Gasteiger partial charge >= 0.3 is 0 Å². The lowest BCUT2D eigenvalue weighted by atomic mass is 9.33. The Morgan fingerprint density at radius 3 is 1.40 bits per heavy atom. The van der Waals surface area contributed by atoms with E-state index in [-0.39, 0.29) is 44.6 Å². The predicted octanol–water partition coefficient (Wildman–Crippen LogP) is 17.8. The van der Waals surface area contributed by atoms with Crippen LogP contribution in [0.3, 0.4) is 0 Å². The van der Waals surface area contributed by atoms with Gasteiger partial charge in [0.15, 0.2) is 0 Å². The Labute approximate surface area is 439 Å². The molecule has 378 valence electrons. The first-order valence-corrected chi connectivity index (χ1v) is 28.2. The molecule has 5 aliphatic rings. The van der Waals surface area contributed by atoms with Crippen LogP contribution in [0.1, 0.15) is 218 Å². The van der Waals surface area contributed by atoms with Crippen molar-refractivity contribution in [1.82, 2.24) is 0 Å². The first-order valence-electron chi connectivity index (χ1n) is 28.2. The molecule has 3 nitrogen and oxygen atoms in total. The number of furan rings is 1. The van der Waals surface area contributed by atoms with Gasteiger partial charge in [0, 0.05) is 33.8 Å². The van der Waals surface area contributed by atoms with E-state index < -0.39 is 0 Å². The highest BCUT2D eigenvalue weighted by molar-refractivity contribution is 7.00. The van der Waals surface area contributed by atoms with Gasteiger partial charge in [-0.3, -0.25) is 0 Å². The van der Waals surface area contributed by atoms with Crippen LogP contribution in [-0.2, 0) is 37.9 Å². The smallest absolute Gasteiger partial charge is 0.252 e. The highest BCUT2D eigenvalue weighted by Gasteiger charge is 2.48. The zero-order valence-electron chi connectivity index (χ0n) is 48.2. The van der Waals surface area contributed by atoms with E-state index in [9.17, 15) is 0 Å². The zero-order valence-corrected chi connectivity index (χ0v) is 48.2. The second kappa shape index (κ2) is 15.2. The topological polar surface area (TPSA) is 19.6 Å². The molecule has 0 spiro atoms. The molecule has 0 saturated carbocycles. The number of hydrogen-bond donors (Lipinski definition) is 0. The van der Waals surface area contributed by atoms with Crippen LogP contribution in [-0.4, -0.2) is 6.71 Å². The van der Waals surface area contributed by atoms with Gasteiger partial charge in [-0.05, 0) is 217 Å². The molecular formula is C69H83BN2O. The van der Waals surface area contributed by atoms with Crippen molar-refractivity contribution < 1.29 is 4.42 Å². The fourth-order valence-corrected chi connectivity index (χ4v) is 14.6. The van der Waals surface area contributed by atoms with Crippen LogP contribution in [0.2, 0.25) is 0 Å². The molecule has 0 saturated heterocycles. The highest BCUT2D eigenvalue weighted by Crippen LogP contribution is 2.56. The second-order valence-corrected chi connectivity index (χ2v) is 29.3. The van der Waals surface area contributed by atoms with Gasteiger partial charge in [0.05, 0.1) is 11.1 Å². The SMILES string of the molecule is Cc1cc2c(cc1N1c3cc(C(C)C)ccc3B3c4ccc5oc6cc7c(cc6c5c4N(c4cc5c(cc4C)C(C)(C)CCC5(C)C)c4cc(C(C)(C)C)cc1c43)C(C)(C)CCC7(C)C)C(C)(C)CCC2(C)C. The van der Waals surface area contributed by atoms with E-state index in [0.717, 1.165) is 24.0 Å². The van der Waals surface area contributed by atoms with Crippen molar-refractivity contribution in [3.05, 3.63) is 134 Å². The lowest BCUT2D eigenvalue weighted by Gasteiger charge is -2.47. The van der Waals surface area contributed by atoms with Gasteiger partial charge in [0.2, 0.25) is 0 Å². The molecule has 0 unspecified atom stereocenters. The van der Waals surface area contributed by atoms with Crippen LogP contribution >= 0.6 is 0 Å². The summed E-state index contributed by atoms with van der Waals surface area (Å²) in [4.78, 5) is 5.49. The predicted molar refractivity (Wildman–Crippen MR) is 316 cm³/mol. The van der Waals surface area contributed by atoms with Crippen molar-refractivity contribution in [3.63, 3.8) is 0 Å². The number of aryl methyl sites for hydroxylation is 2. The van der Waals surface area contributed by atoms with Crippen molar-refractivity contribution in [2.24, 2.45) is 0 Å². The van der Waals surface area contributed by atoms with Crippen molar-refractivity contribution in [2.45, 2.75) is 214 Å². The first-order chi connectivity index (χ1) is 33.9. The number of anilines is 6. The van der Waals surface area contributed by atoms with Gasteiger partial charge in [-0.2, -0.15) is 0 Å². The van der Waals surface area contributed by atoms with Crippen molar-refractivity contribution in [2.75, 3.05) is 9.80 Å². The first kappa shape index (κ1) is 48.7. The average Bonchev–Trinajstić information content (AvgIpc) is 3.68. The minimum atomic E-state index is -0.141. The van der Waals surface area contributed by atoms with Gasteiger partial charge in [-0.15, -0.1) is 0 Å². The van der Waals surface area contributed by atoms with Crippen LogP contribution in [0.4, 0.5) is 34.1 Å². The Morgan fingerprint density at radius 1 is 0.466 bits per heavy atom. The lowest BCUT2D eigenvalue weighted by molar-refractivity contribution is 0.332. The molecule has 1 aromatic heterocycles. The van der Waals surface area contributed by atoms with E-state index in [1.807, 2.05) is 0 Å². The molecule has 7 aromatic rings. The van der Waals surface area contributed by atoms with Gasteiger partial charge in [-0.25, -0.2) is 0 Å².